The van der Waals surface area contributed by atoms with E-state index in [1.165, 1.54) is 23.3 Å². The van der Waals surface area contributed by atoms with Crippen LogP contribution in [0.3, 0.4) is 0 Å². The Hall–Kier alpha value is -1.73. The molecule has 0 aliphatic rings. The van der Waals surface area contributed by atoms with E-state index in [0.29, 0.717) is 0 Å². The number of carbonyl (C=O) groups is 2. The van der Waals surface area contributed by atoms with Crippen LogP contribution in [0.15, 0.2) is 22.9 Å². The smallest absolute Gasteiger partial charge is 0.325 e. The van der Waals surface area contributed by atoms with Crippen LogP contribution in [0.2, 0.25) is 0 Å². The van der Waals surface area contributed by atoms with Crippen molar-refractivity contribution in [1.29, 1.82) is 0 Å². The molecule has 0 bridgehead atoms. The number of aromatic nitrogens is 1. The molecular formula is C13H14N2O3S2. The summed E-state index contributed by atoms with van der Waals surface area (Å²) in [4.78, 5) is 29.9. The monoisotopic (exact) mass is 310 g/mol. The van der Waals surface area contributed by atoms with E-state index in [1.807, 2.05) is 22.9 Å². The molecule has 2 aromatic heterocycles. The summed E-state index contributed by atoms with van der Waals surface area (Å²) in [6.45, 7) is -0.0444. The van der Waals surface area contributed by atoms with Crippen LogP contribution in [-0.4, -0.2) is 42.5 Å². The Morgan fingerprint density at radius 3 is 2.85 bits per heavy atom. The van der Waals surface area contributed by atoms with Gasteiger partial charge in [0.25, 0.3) is 0 Å². The third-order valence-electron chi connectivity index (χ3n) is 2.64. The second-order valence-corrected chi connectivity index (χ2v) is 5.93. The Morgan fingerprint density at radius 1 is 1.40 bits per heavy atom. The van der Waals surface area contributed by atoms with Crippen molar-refractivity contribution in [2.45, 2.75) is 6.42 Å². The number of nitrogens with zero attached hydrogens (tertiary/aromatic N) is 2. The van der Waals surface area contributed by atoms with E-state index in [0.717, 1.165) is 15.6 Å². The molecule has 2 aromatic rings. The predicted octanol–water partition coefficient (Wildman–Crippen LogP) is 2.05. The minimum absolute atomic E-state index is 0.0444. The highest BCUT2D eigenvalue weighted by atomic mass is 32.1. The molecule has 0 radical (unpaired) electrons. The number of likely N-dealkylation sites (N-methyl/N-ethyl adjacent to an activating group) is 1. The lowest BCUT2D eigenvalue weighted by atomic mass is 10.3. The molecule has 2 rings (SSSR count). The zero-order chi connectivity index (χ0) is 14.5. The molecule has 0 saturated carbocycles. The van der Waals surface area contributed by atoms with E-state index in [-0.39, 0.29) is 18.9 Å². The van der Waals surface area contributed by atoms with Crippen LogP contribution in [-0.2, 0) is 20.7 Å². The lowest BCUT2D eigenvalue weighted by Crippen LogP contribution is -2.33. The van der Waals surface area contributed by atoms with Gasteiger partial charge in [-0.2, -0.15) is 0 Å². The molecule has 20 heavy (non-hydrogen) atoms. The first-order chi connectivity index (χ1) is 9.60. The van der Waals surface area contributed by atoms with E-state index in [2.05, 4.69) is 9.72 Å². The predicted molar refractivity (Wildman–Crippen MR) is 78.8 cm³/mol. The fourth-order valence-corrected chi connectivity index (χ4v) is 3.17. The van der Waals surface area contributed by atoms with Gasteiger partial charge in [0.15, 0.2) is 0 Å². The molecule has 0 aromatic carbocycles. The molecular weight excluding hydrogens is 296 g/mol. The molecule has 0 fully saturated rings. The standard InChI is InChI=1S/C13H14N2O3S2/c1-15(7-12(17)18-2)11(16)6-9-8-20-13(14-9)10-4-3-5-19-10/h3-5,8H,6-7H2,1-2H3. The summed E-state index contributed by atoms with van der Waals surface area (Å²) in [5.41, 5.74) is 0.722. The fraction of sp³-hybridized carbons (Fsp3) is 0.308. The number of thiazole rings is 1. The number of amides is 1. The molecule has 0 unspecified atom stereocenters. The molecule has 1 amide bonds. The highest BCUT2D eigenvalue weighted by Gasteiger charge is 2.15. The van der Waals surface area contributed by atoms with Gasteiger partial charge in [0.05, 0.1) is 24.1 Å². The normalized spacial score (nSPS) is 10.3. The van der Waals surface area contributed by atoms with Crippen molar-refractivity contribution < 1.29 is 14.3 Å². The van der Waals surface area contributed by atoms with Crippen LogP contribution in [0, 0.1) is 0 Å². The van der Waals surface area contributed by atoms with Crippen molar-refractivity contribution >= 4 is 34.6 Å². The third kappa shape index (κ3) is 3.64. The molecule has 106 valence electrons. The SMILES string of the molecule is COC(=O)CN(C)C(=O)Cc1csc(-c2cccs2)n1. The summed E-state index contributed by atoms with van der Waals surface area (Å²) in [7, 11) is 2.88. The Labute approximate surface area is 124 Å². The first-order valence-corrected chi connectivity index (χ1v) is 7.65. The molecule has 2 heterocycles. The molecule has 0 aliphatic carbocycles. The van der Waals surface area contributed by atoms with Gasteiger partial charge >= 0.3 is 5.97 Å². The molecule has 0 N–H and O–H groups in total. The largest absolute Gasteiger partial charge is 0.468 e. The summed E-state index contributed by atoms with van der Waals surface area (Å²) >= 11 is 3.13. The van der Waals surface area contributed by atoms with Gasteiger partial charge in [-0.05, 0) is 11.4 Å². The van der Waals surface area contributed by atoms with Gasteiger partial charge in [0, 0.05) is 12.4 Å². The van der Waals surface area contributed by atoms with Gasteiger partial charge in [-0.3, -0.25) is 9.59 Å². The number of hydrogen-bond donors (Lipinski definition) is 0. The number of thiophene rings is 1. The van der Waals surface area contributed by atoms with Crippen molar-refractivity contribution in [3.8, 4) is 9.88 Å². The maximum Gasteiger partial charge on any atom is 0.325 e. The van der Waals surface area contributed by atoms with Gasteiger partial charge in [-0.25, -0.2) is 4.98 Å². The summed E-state index contributed by atoms with van der Waals surface area (Å²) in [6, 6.07) is 3.97. The van der Waals surface area contributed by atoms with Crippen molar-refractivity contribution in [2.24, 2.45) is 0 Å². The van der Waals surface area contributed by atoms with E-state index >= 15 is 0 Å². The van der Waals surface area contributed by atoms with Crippen LogP contribution in [0.5, 0.6) is 0 Å². The summed E-state index contributed by atoms with van der Waals surface area (Å²) < 4.78 is 4.53. The summed E-state index contributed by atoms with van der Waals surface area (Å²) in [5.74, 6) is -0.586. The van der Waals surface area contributed by atoms with Gasteiger partial charge < -0.3 is 9.64 Å². The lowest BCUT2D eigenvalue weighted by Gasteiger charge is -2.14. The summed E-state index contributed by atoms with van der Waals surface area (Å²) in [6.07, 6.45) is 0.190. The highest BCUT2D eigenvalue weighted by molar-refractivity contribution is 7.20. The molecule has 0 atom stereocenters. The van der Waals surface area contributed by atoms with Crippen LogP contribution >= 0.6 is 22.7 Å². The Bertz CT molecular complexity index is 593. The Morgan fingerprint density at radius 2 is 2.20 bits per heavy atom. The average molecular weight is 310 g/mol. The zero-order valence-corrected chi connectivity index (χ0v) is 12.8. The van der Waals surface area contributed by atoms with Crippen molar-refractivity contribution in [2.75, 3.05) is 20.7 Å². The first-order valence-electron chi connectivity index (χ1n) is 5.89. The number of rotatable bonds is 5. The fourth-order valence-electron chi connectivity index (χ4n) is 1.54. The first kappa shape index (κ1) is 14.7. The topological polar surface area (TPSA) is 59.5 Å². The zero-order valence-electron chi connectivity index (χ0n) is 11.2. The van der Waals surface area contributed by atoms with Gasteiger partial charge in [0.2, 0.25) is 5.91 Å². The van der Waals surface area contributed by atoms with Crippen LogP contribution in [0.4, 0.5) is 0 Å². The number of hydrogen-bond acceptors (Lipinski definition) is 6. The van der Waals surface area contributed by atoms with Crippen LogP contribution in [0.1, 0.15) is 5.69 Å². The third-order valence-corrected chi connectivity index (χ3v) is 4.57. The van der Waals surface area contributed by atoms with Crippen molar-refractivity contribution in [3.05, 3.63) is 28.6 Å². The highest BCUT2D eigenvalue weighted by Crippen LogP contribution is 2.27. The number of ether oxygens (including phenoxy) is 1. The Balaban J connectivity index is 1.96. The van der Waals surface area contributed by atoms with E-state index < -0.39 is 5.97 Å². The van der Waals surface area contributed by atoms with Crippen LogP contribution in [0.25, 0.3) is 9.88 Å². The van der Waals surface area contributed by atoms with Gasteiger partial charge in [0.1, 0.15) is 11.6 Å². The molecule has 5 nitrogen and oxygen atoms in total. The molecule has 7 heteroatoms. The second kappa shape index (κ2) is 6.62. The van der Waals surface area contributed by atoms with Gasteiger partial charge in [-0.15, -0.1) is 22.7 Å². The number of methoxy groups -OCH3 is 1. The maximum absolute atomic E-state index is 11.9. The molecule has 0 spiro atoms. The van der Waals surface area contributed by atoms with E-state index in [9.17, 15) is 9.59 Å². The minimum atomic E-state index is -0.432. The Kier molecular flexibility index (Phi) is 4.86. The maximum atomic E-state index is 11.9. The quantitative estimate of drug-likeness (QED) is 0.793. The minimum Gasteiger partial charge on any atom is -0.468 e. The lowest BCUT2D eigenvalue weighted by molar-refractivity contribution is -0.145. The van der Waals surface area contributed by atoms with E-state index in [1.54, 1.807) is 18.4 Å². The van der Waals surface area contributed by atoms with Crippen molar-refractivity contribution in [3.63, 3.8) is 0 Å². The number of esters is 1. The summed E-state index contributed by atoms with van der Waals surface area (Å²) in [5, 5.41) is 4.78. The molecule has 0 aliphatic heterocycles. The van der Waals surface area contributed by atoms with E-state index in [4.69, 9.17) is 0 Å². The average Bonchev–Trinajstić information content (AvgIpc) is 3.08. The molecule has 0 saturated heterocycles. The van der Waals surface area contributed by atoms with Crippen molar-refractivity contribution in [1.82, 2.24) is 9.88 Å². The second-order valence-electron chi connectivity index (χ2n) is 4.12. The van der Waals surface area contributed by atoms with Gasteiger partial charge in [-0.1, -0.05) is 6.07 Å². The van der Waals surface area contributed by atoms with Crippen LogP contribution < -0.4 is 0 Å². The number of carbonyl (C=O) groups excluding carboxylic acids is 2.